The molecule has 3 N–H and O–H groups in total. The zero-order valence-corrected chi connectivity index (χ0v) is 21.0. The SMILES string of the molecule is COc1cc(P2(=O)CCN(C3COC3)CC2)ccc1Nc1nc(NC2CCCC2)c2cc[nH]c2n1. The van der Waals surface area contributed by atoms with E-state index in [9.17, 15) is 4.57 Å². The third-order valence-electron chi connectivity index (χ3n) is 7.65. The van der Waals surface area contributed by atoms with Gasteiger partial charge >= 0.3 is 0 Å². The quantitative estimate of drug-likeness (QED) is 0.425. The van der Waals surface area contributed by atoms with Crippen LogP contribution in [0.25, 0.3) is 11.0 Å². The van der Waals surface area contributed by atoms with E-state index in [0.717, 1.165) is 54.1 Å². The van der Waals surface area contributed by atoms with Crippen LogP contribution in [-0.4, -0.2) is 77.7 Å². The Hall–Kier alpha value is -2.61. The minimum Gasteiger partial charge on any atom is -0.495 e. The average Bonchev–Trinajstić information content (AvgIpc) is 3.52. The Morgan fingerprint density at radius 3 is 2.66 bits per heavy atom. The van der Waals surface area contributed by atoms with Gasteiger partial charge in [-0.1, -0.05) is 12.8 Å². The average molecular weight is 497 g/mol. The van der Waals surface area contributed by atoms with Crippen LogP contribution in [0, 0.1) is 0 Å². The molecule has 0 radical (unpaired) electrons. The summed E-state index contributed by atoms with van der Waals surface area (Å²) in [5.41, 5.74) is 1.54. The van der Waals surface area contributed by atoms with Gasteiger partial charge in [-0.2, -0.15) is 9.97 Å². The number of H-pyrrole nitrogens is 1. The van der Waals surface area contributed by atoms with E-state index >= 15 is 0 Å². The molecule has 2 aliphatic heterocycles. The highest BCUT2D eigenvalue weighted by Crippen LogP contribution is 2.48. The lowest BCUT2D eigenvalue weighted by molar-refractivity contribution is -0.0620. The summed E-state index contributed by atoms with van der Waals surface area (Å²) >= 11 is 0. The van der Waals surface area contributed by atoms with Crippen LogP contribution in [0.5, 0.6) is 5.75 Å². The van der Waals surface area contributed by atoms with Crippen LogP contribution in [0.15, 0.2) is 30.5 Å². The van der Waals surface area contributed by atoms with E-state index in [2.05, 4.69) is 25.5 Å². The number of anilines is 3. The highest BCUT2D eigenvalue weighted by atomic mass is 31.2. The predicted molar refractivity (Wildman–Crippen MR) is 139 cm³/mol. The van der Waals surface area contributed by atoms with Gasteiger partial charge in [-0.3, -0.25) is 4.90 Å². The second kappa shape index (κ2) is 9.45. The summed E-state index contributed by atoms with van der Waals surface area (Å²) in [7, 11) is -0.817. The number of methoxy groups -OCH3 is 1. The molecule has 10 heteroatoms. The zero-order chi connectivity index (χ0) is 23.8. The van der Waals surface area contributed by atoms with E-state index in [1.165, 1.54) is 25.7 Å². The summed E-state index contributed by atoms with van der Waals surface area (Å²) in [6, 6.07) is 8.79. The summed E-state index contributed by atoms with van der Waals surface area (Å²) in [5.74, 6) is 1.98. The zero-order valence-electron chi connectivity index (χ0n) is 20.1. The fourth-order valence-corrected chi connectivity index (χ4v) is 7.99. The summed E-state index contributed by atoms with van der Waals surface area (Å²) in [5, 5.41) is 8.81. The summed E-state index contributed by atoms with van der Waals surface area (Å²) in [6.07, 6.45) is 8.12. The Bertz CT molecular complexity index is 1240. The van der Waals surface area contributed by atoms with Crippen molar-refractivity contribution in [2.24, 2.45) is 0 Å². The van der Waals surface area contributed by atoms with Gasteiger partial charge in [0.2, 0.25) is 5.95 Å². The van der Waals surface area contributed by atoms with Gasteiger partial charge in [0.15, 0.2) is 0 Å². The lowest BCUT2D eigenvalue weighted by atomic mass is 10.2. The Morgan fingerprint density at radius 1 is 1.14 bits per heavy atom. The Balaban J connectivity index is 1.22. The summed E-state index contributed by atoms with van der Waals surface area (Å²) in [4.78, 5) is 15.1. The largest absolute Gasteiger partial charge is 0.495 e. The molecule has 6 rings (SSSR count). The molecule has 2 aromatic heterocycles. The minimum atomic E-state index is -2.46. The lowest BCUT2D eigenvalue weighted by Gasteiger charge is -2.41. The van der Waals surface area contributed by atoms with Gasteiger partial charge in [0, 0.05) is 43.0 Å². The standard InChI is InChI=1S/C25H33N6O3P/c1-33-22-14-19(35(32)12-10-31(11-13-35)18-15-34-16-18)6-7-21(22)28-25-29-23-20(8-9-26-23)24(30-25)27-17-4-2-3-5-17/h6-9,14,17-18H,2-5,10-13,15-16H2,1H3,(H3,26,27,28,29,30). The first-order chi connectivity index (χ1) is 17.1. The van der Waals surface area contributed by atoms with Crippen LogP contribution in [0.3, 0.4) is 0 Å². The molecule has 1 aromatic carbocycles. The van der Waals surface area contributed by atoms with Crippen LogP contribution in [-0.2, 0) is 9.30 Å². The second-order valence-corrected chi connectivity index (χ2v) is 13.0. The van der Waals surface area contributed by atoms with Crippen LogP contribution in [0.4, 0.5) is 17.5 Å². The smallest absolute Gasteiger partial charge is 0.231 e. The van der Waals surface area contributed by atoms with Crippen molar-refractivity contribution < 1.29 is 14.0 Å². The molecule has 4 heterocycles. The maximum absolute atomic E-state index is 13.8. The molecule has 3 aliphatic rings. The van der Waals surface area contributed by atoms with Gasteiger partial charge in [-0.25, -0.2) is 0 Å². The predicted octanol–water partition coefficient (Wildman–Crippen LogP) is 3.77. The van der Waals surface area contributed by atoms with Crippen LogP contribution < -0.4 is 20.7 Å². The van der Waals surface area contributed by atoms with Crippen molar-refractivity contribution in [3.8, 4) is 5.75 Å². The molecule has 0 atom stereocenters. The number of benzene rings is 1. The number of ether oxygens (including phenoxy) is 2. The van der Waals surface area contributed by atoms with Crippen molar-refractivity contribution in [2.75, 3.05) is 56.4 Å². The highest BCUT2D eigenvalue weighted by molar-refractivity contribution is 7.71. The fraction of sp³-hybridized carbons (Fsp3) is 0.520. The van der Waals surface area contributed by atoms with E-state index in [0.29, 0.717) is 36.1 Å². The molecule has 0 spiro atoms. The van der Waals surface area contributed by atoms with Gasteiger partial charge in [0.25, 0.3) is 0 Å². The van der Waals surface area contributed by atoms with Gasteiger partial charge in [-0.15, -0.1) is 0 Å². The number of hydrogen-bond donors (Lipinski definition) is 3. The third-order valence-corrected chi connectivity index (χ3v) is 10.7. The fourth-order valence-electron chi connectivity index (χ4n) is 5.39. The van der Waals surface area contributed by atoms with E-state index in [-0.39, 0.29) is 0 Å². The first-order valence-electron chi connectivity index (χ1n) is 12.6. The van der Waals surface area contributed by atoms with E-state index < -0.39 is 7.14 Å². The van der Waals surface area contributed by atoms with Crippen molar-refractivity contribution in [3.05, 3.63) is 30.5 Å². The molecule has 1 saturated carbocycles. The molecule has 0 bridgehead atoms. The highest BCUT2D eigenvalue weighted by Gasteiger charge is 2.35. The number of hydrogen-bond acceptors (Lipinski definition) is 8. The normalized spacial score (nSPS) is 21.2. The van der Waals surface area contributed by atoms with Crippen LogP contribution in [0.2, 0.25) is 0 Å². The monoisotopic (exact) mass is 496 g/mol. The van der Waals surface area contributed by atoms with Gasteiger partial charge in [0.05, 0.1) is 37.4 Å². The minimum absolute atomic E-state index is 0.449. The van der Waals surface area contributed by atoms with Crippen molar-refractivity contribution in [1.29, 1.82) is 0 Å². The number of aromatic amines is 1. The second-order valence-electron chi connectivity index (χ2n) is 9.83. The lowest BCUT2D eigenvalue weighted by Crippen LogP contribution is -2.52. The topological polar surface area (TPSA) is 104 Å². The Kier molecular flexibility index (Phi) is 6.16. The van der Waals surface area contributed by atoms with E-state index in [4.69, 9.17) is 14.5 Å². The number of rotatable bonds is 7. The molecule has 1 aliphatic carbocycles. The van der Waals surface area contributed by atoms with E-state index in [1.54, 1.807) is 7.11 Å². The van der Waals surface area contributed by atoms with Crippen molar-refractivity contribution in [3.63, 3.8) is 0 Å². The maximum atomic E-state index is 13.8. The molecule has 35 heavy (non-hydrogen) atoms. The molecule has 3 aromatic rings. The van der Waals surface area contributed by atoms with E-state index in [1.807, 2.05) is 30.5 Å². The molecule has 186 valence electrons. The van der Waals surface area contributed by atoms with Crippen molar-refractivity contribution >= 4 is 40.9 Å². The number of aromatic nitrogens is 3. The molecule has 3 fully saturated rings. The van der Waals surface area contributed by atoms with Gasteiger partial charge in [0.1, 0.15) is 24.4 Å². The molecular formula is C25H33N6O3P. The first kappa shape index (κ1) is 22.8. The third kappa shape index (κ3) is 4.53. The van der Waals surface area contributed by atoms with Crippen molar-refractivity contribution in [1.82, 2.24) is 19.9 Å². The number of nitrogens with one attached hydrogen (secondary N) is 3. The Labute approximate surface area is 205 Å². The number of fused-ring (bicyclic) bond motifs is 1. The summed E-state index contributed by atoms with van der Waals surface area (Å²) in [6.45, 7) is 3.31. The molecular weight excluding hydrogens is 463 g/mol. The first-order valence-corrected chi connectivity index (χ1v) is 14.7. The van der Waals surface area contributed by atoms with Gasteiger partial charge in [-0.05, 0) is 37.1 Å². The van der Waals surface area contributed by atoms with Crippen LogP contribution >= 0.6 is 7.14 Å². The number of nitrogens with zero attached hydrogens (tertiary/aromatic N) is 3. The molecule has 0 unspecified atom stereocenters. The molecule has 2 saturated heterocycles. The molecule has 9 nitrogen and oxygen atoms in total. The Morgan fingerprint density at radius 2 is 1.94 bits per heavy atom. The molecule has 0 amide bonds. The maximum Gasteiger partial charge on any atom is 0.231 e. The van der Waals surface area contributed by atoms with Crippen LogP contribution in [0.1, 0.15) is 25.7 Å². The summed E-state index contributed by atoms with van der Waals surface area (Å²) < 4.78 is 24.8. The van der Waals surface area contributed by atoms with Gasteiger partial charge < -0.3 is 29.7 Å². The van der Waals surface area contributed by atoms with Crippen molar-refractivity contribution in [2.45, 2.75) is 37.8 Å².